The largest absolute Gasteiger partial charge is 0.441 e. The molecule has 0 radical (unpaired) electrons. The van der Waals surface area contributed by atoms with Gasteiger partial charge in [-0.25, -0.2) is 4.98 Å². The van der Waals surface area contributed by atoms with Crippen molar-refractivity contribution in [3.8, 4) is 11.3 Å². The molecule has 1 unspecified atom stereocenters. The summed E-state index contributed by atoms with van der Waals surface area (Å²) in [5.41, 5.74) is 1.01. The molecule has 1 aromatic carbocycles. The Bertz CT molecular complexity index is 649. The Labute approximate surface area is 161 Å². The molecule has 5 nitrogen and oxygen atoms in total. The Kier molecular flexibility index (Phi) is 8.97. The minimum atomic E-state index is 0. The van der Waals surface area contributed by atoms with Crippen molar-refractivity contribution in [3.63, 3.8) is 0 Å². The number of oxazole rings is 1. The number of hydrogen-bond acceptors (Lipinski definition) is 4. The van der Waals surface area contributed by atoms with Crippen molar-refractivity contribution in [3.05, 3.63) is 42.4 Å². The van der Waals surface area contributed by atoms with E-state index in [1.165, 1.54) is 0 Å². The number of carbonyl (C=O) groups excluding carboxylic acids is 1. The summed E-state index contributed by atoms with van der Waals surface area (Å²) in [4.78, 5) is 18.6. The van der Waals surface area contributed by atoms with Gasteiger partial charge in [0, 0.05) is 37.5 Å². The van der Waals surface area contributed by atoms with Crippen molar-refractivity contribution in [1.29, 1.82) is 0 Å². The number of nitrogens with zero attached hydrogens (tertiary/aromatic N) is 2. The first kappa shape index (κ1) is 21.5. The summed E-state index contributed by atoms with van der Waals surface area (Å²) in [6, 6.07) is 10.3. The molecule has 25 heavy (non-hydrogen) atoms. The lowest BCUT2D eigenvalue weighted by Crippen LogP contribution is -2.47. The number of piperidine rings is 1. The quantitative estimate of drug-likeness (QED) is 0.857. The highest BCUT2D eigenvalue weighted by Crippen LogP contribution is 2.20. The topological polar surface area (TPSA) is 58.4 Å². The lowest BCUT2D eigenvalue weighted by molar-refractivity contribution is -0.132. The molecule has 0 bridgehead atoms. The van der Waals surface area contributed by atoms with Gasteiger partial charge in [0.15, 0.2) is 11.7 Å². The lowest BCUT2D eigenvalue weighted by Gasteiger charge is -2.32. The molecule has 0 saturated carbocycles. The normalized spacial score (nSPS) is 16.7. The second-order valence-electron chi connectivity index (χ2n) is 5.95. The number of amides is 1. The van der Waals surface area contributed by atoms with Gasteiger partial charge < -0.3 is 14.6 Å². The molecular weight excluding hydrogens is 361 g/mol. The Morgan fingerprint density at radius 2 is 2.08 bits per heavy atom. The van der Waals surface area contributed by atoms with Crippen LogP contribution in [0.2, 0.25) is 0 Å². The summed E-state index contributed by atoms with van der Waals surface area (Å²) < 4.78 is 5.76. The smallest absolute Gasteiger partial charge is 0.223 e. The fraction of sp³-hybridized carbons (Fsp3) is 0.444. The standard InChI is InChI=1S/C18H23N3O2.2ClH/c1-19-15-8-5-11-21(13-15)18(22)10-9-17-20-12-16(23-17)14-6-3-2-4-7-14;;/h2-4,6-7,12,15,19H,5,8-11,13H2,1H3;2*1H. The molecule has 1 aliphatic heterocycles. The van der Waals surface area contributed by atoms with Crippen LogP contribution in [0.3, 0.4) is 0 Å². The maximum absolute atomic E-state index is 12.3. The van der Waals surface area contributed by atoms with E-state index in [1.807, 2.05) is 42.3 Å². The van der Waals surface area contributed by atoms with Gasteiger partial charge in [0.25, 0.3) is 0 Å². The predicted octanol–water partition coefficient (Wildman–Crippen LogP) is 3.33. The van der Waals surface area contributed by atoms with Gasteiger partial charge in [-0.2, -0.15) is 0 Å². The van der Waals surface area contributed by atoms with Gasteiger partial charge in [0.2, 0.25) is 5.91 Å². The van der Waals surface area contributed by atoms with Crippen LogP contribution in [0, 0.1) is 0 Å². The molecule has 0 spiro atoms. The van der Waals surface area contributed by atoms with Gasteiger partial charge in [-0.3, -0.25) is 4.79 Å². The number of nitrogens with one attached hydrogen (secondary N) is 1. The third-order valence-electron chi connectivity index (χ3n) is 4.35. The monoisotopic (exact) mass is 385 g/mol. The van der Waals surface area contributed by atoms with E-state index in [0.29, 0.717) is 24.8 Å². The van der Waals surface area contributed by atoms with Crippen LogP contribution in [0.15, 0.2) is 40.9 Å². The number of carbonyl (C=O) groups is 1. The minimum absolute atomic E-state index is 0. The molecule has 1 fully saturated rings. The SMILES string of the molecule is CNC1CCCN(C(=O)CCc2ncc(-c3ccccc3)o2)C1.Cl.Cl. The molecule has 1 N–H and O–H groups in total. The number of hydrogen-bond donors (Lipinski definition) is 1. The van der Waals surface area contributed by atoms with E-state index in [9.17, 15) is 4.79 Å². The molecule has 1 atom stereocenters. The summed E-state index contributed by atoms with van der Waals surface area (Å²) in [6.45, 7) is 1.66. The van der Waals surface area contributed by atoms with Crippen molar-refractivity contribution in [2.45, 2.75) is 31.7 Å². The minimum Gasteiger partial charge on any atom is -0.441 e. The van der Waals surface area contributed by atoms with Crippen molar-refractivity contribution in [2.75, 3.05) is 20.1 Å². The Hall–Kier alpha value is -1.56. The maximum Gasteiger partial charge on any atom is 0.223 e. The molecule has 7 heteroatoms. The van der Waals surface area contributed by atoms with Gasteiger partial charge in [-0.15, -0.1) is 24.8 Å². The lowest BCUT2D eigenvalue weighted by atomic mass is 10.1. The van der Waals surface area contributed by atoms with Crippen LogP contribution in [0.25, 0.3) is 11.3 Å². The van der Waals surface area contributed by atoms with E-state index in [1.54, 1.807) is 6.20 Å². The molecule has 1 amide bonds. The second kappa shape index (κ2) is 10.4. The van der Waals surface area contributed by atoms with E-state index in [0.717, 1.165) is 37.3 Å². The summed E-state index contributed by atoms with van der Waals surface area (Å²) >= 11 is 0. The molecule has 138 valence electrons. The highest BCUT2D eigenvalue weighted by atomic mass is 35.5. The predicted molar refractivity (Wildman–Crippen MR) is 103 cm³/mol. The summed E-state index contributed by atoms with van der Waals surface area (Å²) in [5, 5.41) is 3.26. The van der Waals surface area contributed by atoms with Crippen LogP contribution in [0.1, 0.15) is 25.2 Å². The summed E-state index contributed by atoms with van der Waals surface area (Å²) in [7, 11) is 1.95. The third kappa shape index (κ3) is 5.73. The van der Waals surface area contributed by atoms with Crippen LogP contribution in [-0.4, -0.2) is 42.0 Å². The zero-order valence-electron chi connectivity index (χ0n) is 14.3. The third-order valence-corrected chi connectivity index (χ3v) is 4.35. The van der Waals surface area contributed by atoms with Gasteiger partial charge in [0.1, 0.15) is 0 Å². The van der Waals surface area contributed by atoms with E-state index >= 15 is 0 Å². The van der Waals surface area contributed by atoms with Gasteiger partial charge in [-0.1, -0.05) is 30.3 Å². The number of aryl methyl sites for hydroxylation is 1. The zero-order valence-corrected chi connectivity index (χ0v) is 15.9. The molecule has 1 aromatic heterocycles. The second-order valence-corrected chi connectivity index (χ2v) is 5.95. The van der Waals surface area contributed by atoms with Crippen molar-refractivity contribution >= 4 is 30.7 Å². The van der Waals surface area contributed by atoms with E-state index in [4.69, 9.17) is 4.42 Å². The number of halogens is 2. The average Bonchev–Trinajstić information content (AvgIpc) is 3.09. The van der Waals surface area contributed by atoms with Gasteiger partial charge in [0.05, 0.1) is 6.20 Å². The molecule has 2 aromatic rings. The molecule has 3 rings (SSSR count). The number of benzene rings is 1. The van der Waals surface area contributed by atoms with Crippen molar-refractivity contribution in [2.24, 2.45) is 0 Å². The molecule has 1 aliphatic rings. The van der Waals surface area contributed by atoms with Crippen LogP contribution in [-0.2, 0) is 11.2 Å². The Balaban J connectivity index is 0.00000156. The van der Waals surface area contributed by atoms with Crippen LogP contribution < -0.4 is 5.32 Å². The number of likely N-dealkylation sites (tertiary alicyclic amines) is 1. The highest BCUT2D eigenvalue weighted by molar-refractivity contribution is 5.85. The first-order valence-corrected chi connectivity index (χ1v) is 8.21. The first-order valence-electron chi connectivity index (χ1n) is 8.21. The number of likely N-dealkylation sites (N-methyl/N-ethyl adjacent to an activating group) is 1. The highest BCUT2D eigenvalue weighted by Gasteiger charge is 2.22. The average molecular weight is 386 g/mol. The van der Waals surface area contributed by atoms with Crippen molar-refractivity contribution in [1.82, 2.24) is 15.2 Å². The summed E-state index contributed by atoms with van der Waals surface area (Å²) in [5.74, 6) is 1.56. The fourth-order valence-corrected chi connectivity index (χ4v) is 2.97. The number of rotatable bonds is 5. The van der Waals surface area contributed by atoms with Crippen LogP contribution >= 0.6 is 24.8 Å². The molecule has 1 saturated heterocycles. The molecule has 0 aliphatic carbocycles. The molecular formula is C18H25Cl2N3O2. The van der Waals surface area contributed by atoms with Crippen LogP contribution in [0.5, 0.6) is 0 Å². The number of aromatic nitrogens is 1. The van der Waals surface area contributed by atoms with Crippen LogP contribution in [0.4, 0.5) is 0 Å². The Morgan fingerprint density at radius 3 is 2.80 bits per heavy atom. The van der Waals surface area contributed by atoms with Gasteiger partial charge in [-0.05, 0) is 19.9 Å². The van der Waals surface area contributed by atoms with E-state index in [2.05, 4.69) is 10.3 Å². The molecule has 2 heterocycles. The fourth-order valence-electron chi connectivity index (χ4n) is 2.97. The van der Waals surface area contributed by atoms with E-state index < -0.39 is 0 Å². The maximum atomic E-state index is 12.3. The first-order chi connectivity index (χ1) is 11.3. The Morgan fingerprint density at radius 1 is 1.32 bits per heavy atom. The summed E-state index contributed by atoms with van der Waals surface area (Å²) in [6.07, 6.45) is 4.93. The van der Waals surface area contributed by atoms with Gasteiger partial charge >= 0.3 is 0 Å². The zero-order chi connectivity index (χ0) is 16.1. The van der Waals surface area contributed by atoms with E-state index in [-0.39, 0.29) is 30.7 Å². The van der Waals surface area contributed by atoms with Crippen molar-refractivity contribution < 1.29 is 9.21 Å².